The minimum absolute atomic E-state index is 0.0207. The monoisotopic (exact) mass is 219 g/mol. The highest BCUT2D eigenvalue weighted by Gasteiger charge is 2.43. The second-order valence-electron chi connectivity index (χ2n) is 3.84. The smallest absolute Gasteiger partial charge is 0.191 e. The first-order chi connectivity index (χ1) is 7.02. The van der Waals surface area contributed by atoms with Crippen LogP contribution in [0, 0.1) is 0 Å². The van der Waals surface area contributed by atoms with Gasteiger partial charge in [0.25, 0.3) is 0 Å². The Kier molecular flexibility index (Phi) is 4.18. The molecule has 15 heavy (non-hydrogen) atoms. The third-order valence-electron chi connectivity index (χ3n) is 2.27. The molecule has 0 aromatic rings. The molecular formula is C9H17NO5. The van der Waals surface area contributed by atoms with Crippen LogP contribution < -0.4 is 5.73 Å². The van der Waals surface area contributed by atoms with Crippen LogP contribution in [0.5, 0.6) is 0 Å². The lowest BCUT2D eigenvalue weighted by atomic mass is 9.94. The Morgan fingerprint density at radius 1 is 1.73 bits per heavy atom. The van der Waals surface area contributed by atoms with E-state index in [1.54, 1.807) is 6.92 Å². The number of nitrogens with two attached hydrogens (primary N) is 1. The second-order valence-corrected chi connectivity index (χ2v) is 3.84. The molecule has 0 aliphatic carbocycles. The van der Waals surface area contributed by atoms with Gasteiger partial charge in [-0.2, -0.15) is 0 Å². The van der Waals surface area contributed by atoms with Crippen molar-refractivity contribution < 1.29 is 24.5 Å². The summed E-state index contributed by atoms with van der Waals surface area (Å²) >= 11 is 0. The van der Waals surface area contributed by atoms with Crippen LogP contribution in [-0.2, 0) is 14.3 Å². The molecule has 6 heteroatoms. The fourth-order valence-corrected chi connectivity index (χ4v) is 1.41. The van der Waals surface area contributed by atoms with Gasteiger partial charge in [-0.1, -0.05) is 0 Å². The van der Waals surface area contributed by atoms with E-state index in [1.807, 2.05) is 0 Å². The molecule has 2 unspecified atom stereocenters. The zero-order valence-corrected chi connectivity index (χ0v) is 8.68. The molecule has 0 saturated carbocycles. The molecule has 6 nitrogen and oxygen atoms in total. The van der Waals surface area contributed by atoms with Gasteiger partial charge in [0.2, 0.25) is 0 Å². The summed E-state index contributed by atoms with van der Waals surface area (Å²) in [6.07, 6.45) is -2.35. The Labute approximate surface area is 88.0 Å². The molecule has 1 rings (SSSR count). The summed E-state index contributed by atoms with van der Waals surface area (Å²) in [5.41, 5.74) is 4.25. The number of hydrogen-bond acceptors (Lipinski definition) is 6. The first-order valence-corrected chi connectivity index (χ1v) is 4.83. The number of aliphatic hydroxyl groups excluding tert-OH is 2. The number of hydrogen-bond donors (Lipinski definition) is 3. The van der Waals surface area contributed by atoms with E-state index in [0.717, 1.165) is 0 Å². The molecule has 1 fully saturated rings. The first kappa shape index (κ1) is 12.5. The number of aliphatic hydroxyl groups is 2. The lowest BCUT2D eigenvalue weighted by molar-refractivity contribution is -0.264. The number of carbonyl (C=O) groups is 1. The minimum Gasteiger partial charge on any atom is -0.393 e. The van der Waals surface area contributed by atoms with Crippen molar-refractivity contribution in [3.8, 4) is 0 Å². The van der Waals surface area contributed by atoms with Gasteiger partial charge in [0.1, 0.15) is 0 Å². The molecule has 0 radical (unpaired) electrons. The summed E-state index contributed by atoms with van der Waals surface area (Å²) in [5, 5.41) is 18.5. The van der Waals surface area contributed by atoms with E-state index in [2.05, 4.69) is 0 Å². The van der Waals surface area contributed by atoms with E-state index in [-0.39, 0.29) is 32.0 Å². The van der Waals surface area contributed by atoms with Crippen LogP contribution in [0.1, 0.15) is 13.3 Å². The largest absolute Gasteiger partial charge is 0.393 e. The Morgan fingerprint density at radius 3 is 2.93 bits per heavy atom. The highest BCUT2D eigenvalue weighted by Crippen LogP contribution is 2.26. The number of ether oxygens (including phenoxy) is 2. The molecule has 0 aromatic heterocycles. The quantitative estimate of drug-likeness (QED) is 0.525. The Bertz CT molecular complexity index is 235. The fourth-order valence-electron chi connectivity index (χ4n) is 1.41. The van der Waals surface area contributed by atoms with Crippen molar-refractivity contribution in [3.05, 3.63) is 0 Å². The van der Waals surface area contributed by atoms with Crippen LogP contribution >= 0.6 is 0 Å². The summed E-state index contributed by atoms with van der Waals surface area (Å²) in [6.45, 7) is 1.76. The molecular weight excluding hydrogens is 202 g/mol. The summed E-state index contributed by atoms with van der Waals surface area (Å²) in [7, 11) is 0. The molecule has 0 spiro atoms. The van der Waals surface area contributed by atoms with Gasteiger partial charge in [-0.15, -0.1) is 0 Å². The van der Waals surface area contributed by atoms with Crippen molar-refractivity contribution >= 4 is 5.78 Å². The van der Waals surface area contributed by atoms with Gasteiger partial charge >= 0.3 is 0 Å². The lowest BCUT2D eigenvalue weighted by Gasteiger charge is -2.38. The van der Waals surface area contributed by atoms with Crippen LogP contribution in [0.3, 0.4) is 0 Å². The predicted octanol–water partition coefficient (Wildman–Crippen LogP) is -1.61. The normalized spacial score (nSPS) is 36.9. The van der Waals surface area contributed by atoms with Crippen LogP contribution in [0.15, 0.2) is 0 Å². The van der Waals surface area contributed by atoms with E-state index in [1.165, 1.54) is 0 Å². The molecule has 0 aromatic carbocycles. The van der Waals surface area contributed by atoms with E-state index < -0.39 is 18.0 Å². The number of Topliss-reactive ketones (excluding diaryl/α,β-unsaturated/α-hetero) is 1. The third-order valence-corrected chi connectivity index (χ3v) is 2.27. The van der Waals surface area contributed by atoms with Gasteiger partial charge in [-0.25, -0.2) is 0 Å². The molecule has 3 atom stereocenters. The SMILES string of the molecule is CC1(CO)CC(=O)C(O)[C@@H](OCCN)O1. The Hall–Kier alpha value is -0.530. The van der Waals surface area contributed by atoms with Gasteiger partial charge in [0.05, 0.1) is 18.8 Å². The van der Waals surface area contributed by atoms with Crippen molar-refractivity contribution in [1.29, 1.82) is 0 Å². The molecule has 0 bridgehead atoms. The average Bonchev–Trinajstić information content (AvgIpc) is 2.21. The summed E-state index contributed by atoms with van der Waals surface area (Å²) in [6, 6.07) is 0. The lowest BCUT2D eigenvalue weighted by Crippen LogP contribution is -2.54. The second kappa shape index (κ2) is 5.00. The maximum absolute atomic E-state index is 11.4. The van der Waals surface area contributed by atoms with Crippen LogP contribution in [0.4, 0.5) is 0 Å². The molecule has 1 aliphatic rings. The number of carbonyl (C=O) groups excluding carboxylic acids is 1. The van der Waals surface area contributed by atoms with Gasteiger partial charge in [0, 0.05) is 13.0 Å². The molecule has 1 aliphatic heterocycles. The standard InChI is InChI=1S/C9H17NO5/c1-9(5-11)4-6(12)7(13)8(15-9)14-3-2-10/h7-8,11,13H,2-5,10H2,1H3/t7?,8-,9?/m0/s1. The van der Waals surface area contributed by atoms with Crippen molar-refractivity contribution in [3.63, 3.8) is 0 Å². The van der Waals surface area contributed by atoms with Gasteiger partial charge in [-0.3, -0.25) is 4.79 Å². The van der Waals surface area contributed by atoms with Crippen molar-refractivity contribution in [2.75, 3.05) is 19.8 Å². The van der Waals surface area contributed by atoms with E-state index in [0.29, 0.717) is 0 Å². The zero-order chi connectivity index (χ0) is 11.5. The Balaban J connectivity index is 2.64. The predicted molar refractivity (Wildman–Crippen MR) is 51.0 cm³/mol. The van der Waals surface area contributed by atoms with Gasteiger partial charge in [-0.05, 0) is 6.92 Å². The fraction of sp³-hybridized carbons (Fsp3) is 0.889. The highest BCUT2D eigenvalue weighted by atomic mass is 16.7. The minimum atomic E-state index is -1.30. The van der Waals surface area contributed by atoms with E-state index >= 15 is 0 Å². The van der Waals surface area contributed by atoms with Crippen LogP contribution in [0.2, 0.25) is 0 Å². The van der Waals surface area contributed by atoms with Gasteiger partial charge in [0.15, 0.2) is 18.2 Å². The zero-order valence-electron chi connectivity index (χ0n) is 8.68. The number of ketones is 1. The molecule has 4 N–H and O–H groups in total. The maximum Gasteiger partial charge on any atom is 0.191 e. The van der Waals surface area contributed by atoms with Gasteiger partial charge < -0.3 is 25.4 Å². The van der Waals surface area contributed by atoms with Crippen LogP contribution in [0.25, 0.3) is 0 Å². The third kappa shape index (κ3) is 2.96. The van der Waals surface area contributed by atoms with E-state index in [4.69, 9.17) is 20.3 Å². The topological polar surface area (TPSA) is 102 Å². The first-order valence-electron chi connectivity index (χ1n) is 4.83. The highest BCUT2D eigenvalue weighted by molar-refractivity contribution is 5.84. The molecule has 1 saturated heterocycles. The Morgan fingerprint density at radius 2 is 2.40 bits per heavy atom. The number of rotatable bonds is 4. The van der Waals surface area contributed by atoms with Crippen LogP contribution in [-0.4, -0.2) is 53.7 Å². The van der Waals surface area contributed by atoms with E-state index in [9.17, 15) is 9.90 Å². The average molecular weight is 219 g/mol. The van der Waals surface area contributed by atoms with Crippen molar-refractivity contribution in [2.45, 2.75) is 31.3 Å². The van der Waals surface area contributed by atoms with Crippen molar-refractivity contribution in [2.24, 2.45) is 5.73 Å². The summed E-state index contributed by atoms with van der Waals surface area (Å²) < 4.78 is 10.4. The maximum atomic E-state index is 11.4. The summed E-state index contributed by atoms with van der Waals surface area (Å²) in [4.78, 5) is 11.4. The molecule has 88 valence electrons. The van der Waals surface area contributed by atoms with Crippen molar-refractivity contribution in [1.82, 2.24) is 0 Å². The molecule has 0 amide bonds. The summed E-state index contributed by atoms with van der Waals surface area (Å²) in [5.74, 6) is -0.389. The molecule has 1 heterocycles.